The van der Waals surface area contributed by atoms with E-state index in [1.807, 2.05) is 0 Å². The van der Waals surface area contributed by atoms with Crippen molar-refractivity contribution in [2.75, 3.05) is 6.61 Å². The van der Waals surface area contributed by atoms with Crippen LogP contribution in [0, 0.1) is 10.8 Å². The Morgan fingerprint density at radius 2 is 1.88 bits per heavy atom. The number of carbonyl (C=O) groups excluding carboxylic acids is 1. The second kappa shape index (κ2) is 2.93. The van der Waals surface area contributed by atoms with Gasteiger partial charge in [-0.2, -0.15) is 0 Å². The van der Waals surface area contributed by atoms with Gasteiger partial charge in [0.2, 0.25) is 0 Å². The summed E-state index contributed by atoms with van der Waals surface area (Å²) in [6, 6.07) is 0. The number of esters is 1. The van der Waals surface area contributed by atoms with E-state index in [1.165, 1.54) is 0 Å². The first-order valence-corrected chi connectivity index (χ1v) is 5.08. The molecule has 3 fully saturated rings. The summed E-state index contributed by atoms with van der Waals surface area (Å²) >= 11 is 0. The number of hydrogen-bond donors (Lipinski definition) is 1. The third kappa shape index (κ3) is 1.07. The van der Waals surface area contributed by atoms with Gasteiger partial charge in [0, 0.05) is 6.42 Å². The minimum Gasteiger partial charge on any atom is -0.481 e. The molecular weight excluding hydrogens is 222 g/mol. The van der Waals surface area contributed by atoms with Crippen LogP contribution in [0.2, 0.25) is 0 Å². The van der Waals surface area contributed by atoms with Crippen molar-refractivity contribution in [1.29, 1.82) is 0 Å². The van der Waals surface area contributed by atoms with E-state index < -0.39 is 35.1 Å². The number of carbonyl (C=O) groups is 2. The molecule has 90 valence electrons. The molecule has 3 saturated carbocycles. The Morgan fingerprint density at radius 3 is 2.25 bits per heavy atom. The van der Waals surface area contributed by atoms with E-state index in [4.69, 9.17) is 9.84 Å². The van der Waals surface area contributed by atoms with Crippen molar-refractivity contribution in [2.45, 2.75) is 32.1 Å². The Hall–Kier alpha value is -1.20. The highest BCUT2D eigenvalue weighted by Crippen LogP contribution is 2.73. The average molecular weight is 234 g/mol. The molecule has 0 aromatic heterocycles. The van der Waals surface area contributed by atoms with Crippen LogP contribution in [0.4, 0.5) is 8.78 Å². The number of alkyl halides is 2. The molecule has 6 heteroatoms. The van der Waals surface area contributed by atoms with Gasteiger partial charge in [0.05, 0.1) is 12.0 Å². The van der Waals surface area contributed by atoms with E-state index in [-0.39, 0.29) is 19.4 Å². The predicted octanol–water partition coefficient (Wildman–Crippen LogP) is 1.44. The molecule has 0 aliphatic heterocycles. The van der Waals surface area contributed by atoms with Gasteiger partial charge >= 0.3 is 11.9 Å². The lowest BCUT2D eigenvalue weighted by Gasteiger charge is -2.42. The number of carboxylic acids is 1. The number of fused-ring (bicyclic) bond motifs is 1. The quantitative estimate of drug-likeness (QED) is 0.750. The summed E-state index contributed by atoms with van der Waals surface area (Å²) in [7, 11) is 0. The largest absolute Gasteiger partial charge is 0.481 e. The van der Waals surface area contributed by atoms with E-state index in [9.17, 15) is 18.4 Å². The van der Waals surface area contributed by atoms with E-state index >= 15 is 0 Å². The van der Waals surface area contributed by atoms with Gasteiger partial charge in [-0.25, -0.2) is 8.78 Å². The monoisotopic (exact) mass is 234 g/mol. The first-order valence-electron chi connectivity index (χ1n) is 5.08. The molecule has 2 bridgehead atoms. The summed E-state index contributed by atoms with van der Waals surface area (Å²) in [5.41, 5.74) is -3.31. The maximum atomic E-state index is 13.5. The Labute approximate surface area is 90.6 Å². The normalized spacial score (nSPS) is 38.9. The molecule has 16 heavy (non-hydrogen) atoms. The Balaban J connectivity index is 2.25. The fourth-order valence-electron chi connectivity index (χ4n) is 2.89. The van der Waals surface area contributed by atoms with Crippen molar-refractivity contribution in [3.8, 4) is 0 Å². The van der Waals surface area contributed by atoms with E-state index in [2.05, 4.69) is 0 Å². The Bertz CT molecular complexity index is 358. The fourth-order valence-corrected chi connectivity index (χ4v) is 2.89. The second-order valence-corrected chi connectivity index (χ2v) is 4.62. The third-order valence-electron chi connectivity index (χ3n) is 3.66. The molecule has 0 aromatic rings. The van der Waals surface area contributed by atoms with Crippen LogP contribution in [0.1, 0.15) is 26.2 Å². The molecule has 3 aliphatic carbocycles. The van der Waals surface area contributed by atoms with E-state index in [0.29, 0.717) is 0 Å². The van der Waals surface area contributed by atoms with Crippen molar-refractivity contribution in [2.24, 2.45) is 10.8 Å². The standard InChI is InChI=1S/C10H12F2O4/c1-2-16-7(15)8-3-9(4-8,6(13)14)10(11,12)5-8/h2-5H2,1H3,(H,13,14). The molecule has 0 saturated heterocycles. The fraction of sp³-hybridized carbons (Fsp3) is 0.800. The average Bonchev–Trinajstić information content (AvgIpc) is 2.46. The summed E-state index contributed by atoms with van der Waals surface area (Å²) in [5, 5.41) is 8.84. The molecular formula is C10H12F2O4. The second-order valence-electron chi connectivity index (χ2n) is 4.62. The van der Waals surface area contributed by atoms with Crippen molar-refractivity contribution in [3.63, 3.8) is 0 Å². The van der Waals surface area contributed by atoms with Crippen LogP contribution < -0.4 is 0 Å². The van der Waals surface area contributed by atoms with Crippen LogP contribution in [-0.2, 0) is 14.3 Å². The lowest BCUT2D eigenvalue weighted by Crippen LogP contribution is -2.51. The van der Waals surface area contributed by atoms with E-state index in [0.717, 1.165) is 0 Å². The first kappa shape index (κ1) is 11.3. The highest BCUT2D eigenvalue weighted by atomic mass is 19.3. The number of hydrogen-bond acceptors (Lipinski definition) is 3. The third-order valence-corrected chi connectivity index (χ3v) is 3.66. The number of rotatable bonds is 3. The molecule has 0 aromatic carbocycles. The maximum Gasteiger partial charge on any atom is 0.315 e. The highest BCUT2D eigenvalue weighted by molar-refractivity contribution is 5.88. The molecule has 1 N–H and O–H groups in total. The molecule has 0 radical (unpaired) electrons. The van der Waals surface area contributed by atoms with E-state index in [1.54, 1.807) is 6.92 Å². The van der Waals surface area contributed by atoms with Gasteiger partial charge in [-0.1, -0.05) is 0 Å². The van der Waals surface area contributed by atoms with Gasteiger partial charge in [-0.15, -0.1) is 0 Å². The van der Waals surface area contributed by atoms with Gasteiger partial charge in [-0.3, -0.25) is 9.59 Å². The number of ether oxygens (including phenoxy) is 1. The summed E-state index contributed by atoms with van der Waals surface area (Å²) in [6.45, 7) is 1.71. The van der Waals surface area contributed by atoms with Crippen LogP contribution in [-0.4, -0.2) is 29.6 Å². The van der Waals surface area contributed by atoms with Gasteiger partial charge in [0.25, 0.3) is 5.92 Å². The van der Waals surface area contributed by atoms with Gasteiger partial charge < -0.3 is 9.84 Å². The van der Waals surface area contributed by atoms with Crippen LogP contribution in [0.3, 0.4) is 0 Å². The lowest BCUT2D eigenvalue weighted by atomic mass is 9.60. The number of carboxylic acid groups (broad SMARTS) is 1. The first-order chi connectivity index (χ1) is 7.30. The zero-order valence-corrected chi connectivity index (χ0v) is 8.76. The molecule has 0 spiro atoms. The molecule has 3 aliphatic rings. The van der Waals surface area contributed by atoms with Gasteiger partial charge in [0.15, 0.2) is 0 Å². The van der Waals surface area contributed by atoms with Gasteiger partial charge in [-0.05, 0) is 19.8 Å². The number of aliphatic carboxylic acids is 1. The van der Waals surface area contributed by atoms with Crippen LogP contribution in [0.25, 0.3) is 0 Å². The molecule has 0 unspecified atom stereocenters. The molecule has 0 heterocycles. The Morgan fingerprint density at radius 1 is 1.31 bits per heavy atom. The summed E-state index contributed by atoms with van der Waals surface area (Å²) in [5.74, 6) is -5.52. The van der Waals surface area contributed by atoms with Gasteiger partial charge in [0.1, 0.15) is 5.41 Å². The van der Waals surface area contributed by atoms with Crippen molar-refractivity contribution < 1.29 is 28.2 Å². The maximum absolute atomic E-state index is 13.5. The smallest absolute Gasteiger partial charge is 0.315 e. The van der Waals surface area contributed by atoms with Crippen LogP contribution in [0.15, 0.2) is 0 Å². The SMILES string of the molecule is CCOC(=O)C12CC(F)(F)C(C(=O)O)(C1)C2. The summed E-state index contributed by atoms with van der Waals surface area (Å²) < 4.78 is 31.8. The summed E-state index contributed by atoms with van der Waals surface area (Å²) in [6.07, 6.45) is -1.31. The minimum atomic E-state index is -3.31. The van der Waals surface area contributed by atoms with Crippen LogP contribution in [0.5, 0.6) is 0 Å². The van der Waals surface area contributed by atoms with Crippen LogP contribution >= 0.6 is 0 Å². The van der Waals surface area contributed by atoms with Crippen molar-refractivity contribution in [3.05, 3.63) is 0 Å². The number of halogens is 2. The molecule has 0 atom stereocenters. The summed E-state index contributed by atoms with van der Waals surface area (Å²) in [4.78, 5) is 22.4. The zero-order chi connectivity index (χ0) is 12.2. The lowest BCUT2D eigenvalue weighted by molar-refractivity contribution is -0.184. The van der Waals surface area contributed by atoms with Crippen molar-refractivity contribution in [1.82, 2.24) is 0 Å². The zero-order valence-electron chi connectivity index (χ0n) is 8.76. The highest BCUT2D eigenvalue weighted by Gasteiger charge is 2.82. The molecule has 3 rings (SSSR count). The Kier molecular flexibility index (Phi) is 2.06. The molecule has 4 nitrogen and oxygen atoms in total. The topological polar surface area (TPSA) is 63.6 Å². The minimum absolute atomic E-state index is 0.117. The van der Waals surface area contributed by atoms with Crippen molar-refractivity contribution >= 4 is 11.9 Å². The predicted molar refractivity (Wildman–Crippen MR) is 47.9 cm³/mol. The molecule has 0 amide bonds.